The van der Waals surface area contributed by atoms with Crippen molar-refractivity contribution in [1.29, 1.82) is 0 Å². The molecule has 0 unspecified atom stereocenters. The number of aliphatic carboxylic acids is 1. The smallest absolute Gasteiger partial charge is 0.307 e. The molecule has 0 aromatic carbocycles. The number of hydrogen-bond donors (Lipinski definition) is 1. The summed E-state index contributed by atoms with van der Waals surface area (Å²) in [5.41, 5.74) is -0.777. The normalized spacial score (nSPS) is 25.4. The molecule has 1 N–H and O–H groups in total. The Hall–Kier alpha value is -1.32. The second kappa shape index (κ2) is 4.41. The Labute approximate surface area is 109 Å². The van der Waals surface area contributed by atoms with E-state index in [1.807, 2.05) is 34.6 Å². The van der Waals surface area contributed by atoms with Crippen LogP contribution in [0.15, 0.2) is 12.7 Å². The Balaban J connectivity index is 2.93. The number of carbonyl (C=O) groups excluding carboxylic acids is 1. The van der Waals surface area contributed by atoms with Gasteiger partial charge in [-0.05, 0) is 26.2 Å². The van der Waals surface area contributed by atoms with Gasteiger partial charge in [-0.2, -0.15) is 0 Å². The first-order valence-electron chi connectivity index (χ1n) is 6.20. The molecule has 1 aliphatic carbocycles. The third-order valence-electron chi connectivity index (χ3n) is 3.75. The number of amides is 1. The van der Waals surface area contributed by atoms with Crippen molar-refractivity contribution in [3.63, 3.8) is 0 Å². The fraction of sp³-hybridized carbons (Fsp3) is 0.714. The maximum atomic E-state index is 12.5. The van der Waals surface area contributed by atoms with Gasteiger partial charge in [-0.15, -0.1) is 6.58 Å². The van der Waals surface area contributed by atoms with E-state index >= 15 is 0 Å². The van der Waals surface area contributed by atoms with Crippen LogP contribution in [0.5, 0.6) is 0 Å². The number of rotatable bonds is 4. The maximum absolute atomic E-state index is 12.5. The third-order valence-corrected chi connectivity index (χ3v) is 3.75. The van der Waals surface area contributed by atoms with Crippen molar-refractivity contribution in [3.05, 3.63) is 12.7 Å². The van der Waals surface area contributed by atoms with Crippen molar-refractivity contribution >= 4 is 11.9 Å². The van der Waals surface area contributed by atoms with E-state index in [1.54, 1.807) is 11.0 Å². The van der Waals surface area contributed by atoms with Gasteiger partial charge in [-0.1, -0.05) is 19.9 Å². The fourth-order valence-corrected chi connectivity index (χ4v) is 2.55. The number of carboxylic acids is 1. The van der Waals surface area contributed by atoms with Crippen molar-refractivity contribution in [2.75, 3.05) is 6.54 Å². The van der Waals surface area contributed by atoms with E-state index in [4.69, 9.17) is 5.11 Å². The van der Waals surface area contributed by atoms with Crippen LogP contribution in [-0.4, -0.2) is 34.0 Å². The van der Waals surface area contributed by atoms with Crippen molar-refractivity contribution in [3.8, 4) is 0 Å². The second-order valence-electron chi connectivity index (χ2n) is 6.52. The molecular weight excluding hydrogens is 230 g/mol. The highest BCUT2D eigenvalue weighted by Gasteiger charge is 2.66. The summed E-state index contributed by atoms with van der Waals surface area (Å²) in [5, 5.41) is 9.13. The van der Waals surface area contributed by atoms with Gasteiger partial charge < -0.3 is 10.0 Å². The molecule has 1 fully saturated rings. The van der Waals surface area contributed by atoms with Crippen LogP contribution in [0.2, 0.25) is 0 Å². The highest BCUT2D eigenvalue weighted by atomic mass is 16.4. The lowest BCUT2D eigenvalue weighted by Crippen LogP contribution is -2.47. The van der Waals surface area contributed by atoms with Gasteiger partial charge >= 0.3 is 5.97 Å². The van der Waals surface area contributed by atoms with Gasteiger partial charge in [-0.25, -0.2) is 0 Å². The van der Waals surface area contributed by atoms with E-state index in [2.05, 4.69) is 6.58 Å². The molecule has 0 aliphatic heterocycles. The van der Waals surface area contributed by atoms with Crippen LogP contribution in [0.3, 0.4) is 0 Å². The fourth-order valence-electron chi connectivity index (χ4n) is 2.55. The number of carbonyl (C=O) groups is 2. The molecule has 1 aliphatic rings. The molecule has 102 valence electrons. The summed E-state index contributed by atoms with van der Waals surface area (Å²) in [6, 6.07) is 0. The Morgan fingerprint density at radius 2 is 1.83 bits per heavy atom. The Morgan fingerprint density at radius 3 is 2.11 bits per heavy atom. The lowest BCUT2D eigenvalue weighted by molar-refractivity contribution is -0.143. The molecule has 1 rings (SSSR count). The van der Waals surface area contributed by atoms with Crippen molar-refractivity contribution in [1.82, 2.24) is 4.90 Å². The summed E-state index contributed by atoms with van der Waals surface area (Å²) in [7, 11) is 0. The quantitative estimate of drug-likeness (QED) is 0.781. The zero-order chi connectivity index (χ0) is 14.3. The predicted octanol–water partition coefficient (Wildman–Crippen LogP) is 2.16. The molecule has 0 heterocycles. The van der Waals surface area contributed by atoms with Crippen LogP contribution < -0.4 is 0 Å². The Bertz CT molecular complexity index is 379. The van der Waals surface area contributed by atoms with E-state index < -0.39 is 23.2 Å². The van der Waals surface area contributed by atoms with Gasteiger partial charge in [-0.3, -0.25) is 9.59 Å². The largest absolute Gasteiger partial charge is 0.481 e. The predicted molar refractivity (Wildman–Crippen MR) is 70.1 cm³/mol. The molecule has 4 nitrogen and oxygen atoms in total. The van der Waals surface area contributed by atoms with Crippen LogP contribution in [0.25, 0.3) is 0 Å². The Kier molecular flexibility index (Phi) is 3.61. The average Bonchev–Trinajstić information content (AvgIpc) is 2.75. The van der Waals surface area contributed by atoms with Crippen LogP contribution in [0.4, 0.5) is 0 Å². The lowest BCUT2D eigenvalue weighted by Gasteiger charge is -2.35. The van der Waals surface area contributed by atoms with Gasteiger partial charge in [0.05, 0.1) is 11.8 Å². The van der Waals surface area contributed by atoms with Crippen LogP contribution >= 0.6 is 0 Å². The minimum atomic E-state index is -0.884. The molecule has 0 saturated heterocycles. The maximum Gasteiger partial charge on any atom is 0.307 e. The molecule has 1 amide bonds. The summed E-state index contributed by atoms with van der Waals surface area (Å²) in [6.07, 6.45) is 1.67. The first-order chi connectivity index (χ1) is 8.05. The molecular formula is C14H23NO3. The number of carboxylic acid groups (broad SMARTS) is 1. The molecule has 0 bridgehead atoms. The van der Waals surface area contributed by atoms with Crippen LogP contribution in [0, 0.1) is 17.3 Å². The second-order valence-corrected chi connectivity index (χ2v) is 6.52. The zero-order valence-corrected chi connectivity index (χ0v) is 11.9. The van der Waals surface area contributed by atoms with E-state index in [0.29, 0.717) is 6.54 Å². The van der Waals surface area contributed by atoms with E-state index in [1.165, 1.54) is 0 Å². The van der Waals surface area contributed by atoms with Crippen molar-refractivity contribution in [2.24, 2.45) is 17.3 Å². The first kappa shape index (κ1) is 14.7. The van der Waals surface area contributed by atoms with Crippen LogP contribution in [-0.2, 0) is 9.59 Å². The third kappa shape index (κ3) is 2.42. The summed E-state index contributed by atoms with van der Waals surface area (Å²) in [4.78, 5) is 25.3. The topological polar surface area (TPSA) is 57.6 Å². The average molecular weight is 253 g/mol. The molecule has 0 aromatic heterocycles. The van der Waals surface area contributed by atoms with Gasteiger partial charge in [0.2, 0.25) is 5.91 Å². The lowest BCUT2D eigenvalue weighted by atomic mass is 10.0. The standard InChI is InChI=1S/C14H23NO3/c1-7-8-15(13(2,3)4)11(16)9-10(12(17)18)14(9,5)6/h7,9-10H,1,8H2,2-6H3,(H,17,18)/t9-,10+/m1/s1. The van der Waals surface area contributed by atoms with Crippen LogP contribution in [0.1, 0.15) is 34.6 Å². The summed E-state index contributed by atoms with van der Waals surface area (Å²) in [6.45, 7) is 13.6. The zero-order valence-electron chi connectivity index (χ0n) is 11.9. The van der Waals surface area contributed by atoms with Gasteiger partial charge in [0.15, 0.2) is 0 Å². The minimum absolute atomic E-state index is 0.0835. The van der Waals surface area contributed by atoms with Gasteiger partial charge in [0, 0.05) is 12.1 Å². The van der Waals surface area contributed by atoms with Crippen molar-refractivity contribution < 1.29 is 14.7 Å². The first-order valence-corrected chi connectivity index (χ1v) is 6.20. The molecule has 2 atom stereocenters. The number of nitrogens with zero attached hydrogens (tertiary/aromatic N) is 1. The summed E-state index contributed by atoms with van der Waals surface area (Å²) < 4.78 is 0. The summed E-state index contributed by atoms with van der Waals surface area (Å²) in [5.74, 6) is -1.96. The van der Waals surface area contributed by atoms with E-state index in [0.717, 1.165) is 0 Å². The molecule has 18 heavy (non-hydrogen) atoms. The van der Waals surface area contributed by atoms with Gasteiger partial charge in [0.25, 0.3) is 0 Å². The highest BCUT2D eigenvalue weighted by Crippen LogP contribution is 2.59. The molecule has 0 aromatic rings. The summed E-state index contributed by atoms with van der Waals surface area (Å²) >= 11 is 0. The molecule has 0 spiro atoms. The van der Waals surface area contributed by atoms with Crippen molar-refractivity contribution in [2.45, 2.75) is 40.2 Å². The highest BCUT2D eigenvalue weighted by molar-refractivity contribution is 5.92. The molecule has 0 radical (unpaired) electrons. The molecule has 4 heteroatoms. The van der Waals surface area contributed by atoms with Gasteiger partial charge in [0.1, 0.15) is 0 Å². The number of hydrogen-bond acceptors (Lipinski definition) is 2. The Morgan fingerprint density at radius 1 is 1.33 bits per heavy atom. The van der Waals surface area contributed by atoms with E-state index in [-0.39, 0.29) is 11.4 Å². The van der Waals surface area contributed by atoms with E-state index in [9.17, 15) is 9.59 Å². The monoisotopic (exact) mass is 253 g/mol. The SMILES string of the molecule is C=CCN(C(=O)[C@H]1[C@@H](C(=O)O)C1(C)C)C(C)(C)C. The molecule has 1 saturated carbocycles. The minimum Gasteiger partial charge on any atom is -0.481 e.